The third-order valence-corrected chi connectivity index (χ3v) is 3.75. The average Bonchev–Trinajstić information content (AvgIpc) is 2.61. The van der Waals surface area contributed by atoms with Crippen LogP contribution in [-0.2, 0) is 25.5 Å². The van der Waals surface area contributed by atoms with Crippen molar-refractivity contribution in [3.63, 3.8) is 0 Å². The standard InChI is InChI=1S/C19H25FN2O4/c1-4-5-6-7-16(19(25)26-3)22-18(24)17(21-13(2)23)12-14-8-10-15(20)11-9-14/h4,8-11,16-17H,1,5-7,12H2,2-3H3,(H,21,23)(H,22,24)/t16-,17-/m1/s1. The van der Waals surface area contributed by atoms with Gasteiger partial charge in [-0.15, -0.1) is 6.58 Å². The van der Waals surface area contributed by atoms with E-state index in [4.69, 9.17) is 4.74 Å². The monoisotopic (exact) mass is 364 g/mol. The fraction of sp³-hybridized carbons (Fsp3) is 0.421. The molecule has 0 bridgehead atoms. The summed E-state index contributed by atoms with van der Waals surface area (Å²) in [7, 11) is 1.25. The molecule has 0 aliphatic heterocycles. The molecule has 26 heavy (non-hydrogen) atoms. The Hall–Kier alpha value is -2.70. The van der Waals surface area contributed by atoms with E-state index in [1.54, 1.807) is 18.2 Å². The molecule has 142 valence electrons. The summed E-state index contributed by atoms with van der Waals surface area (Å²) < 4.78 is 17.8. The van der Waals surface area contributed by atoms with Crippen molar-refractivity contribution in [2.45, 2.75) is 44.7 Å². The molecule has 0 aliphatic carbocycles. The number of carbonyl (C=O) groups excluding carboxylic acids is 3. The highest BCUT2D eigenvalue weighted by atomic mass is 19.1. The van der Waals surface area contributed by atoms with Crippen LogP contribution in [-0.4, -0.2) is 37.0 Å². The summed E-state index contributed by atoms with van der Waals surface area (Å²) >= 11 is 0. The predicted molar refractivity (Wildman–Crippen MR) is 95.7 cm³/mol. The molecule has 0 saturated heterocycles. The third-order valence-electron chi connectivity index (χ3n) is 3.75. The van der Waals surface area contributed by atoms with E-state index in [2.05, 4.69) is 17.2 Å². The Kier molecular flexibility index (Phi) is 9.05. The lowest BCUT2D eigenvalue weighted by Crippen LogP contribution is -2.52. The van der Waals surface area contributed by atoms with Crippen molar-refractivity contribution >= 4 is 17.8 Å². The van der Waals surface area contributed by atoms with Gasteiger partial charge in [-0.2, -0.15) is 0 Å². The Balaban J connectivity index is 2.84. The van der Waals surface area contributed by atoms with Crippen molar-refractivity contribution in [2.75, 3.05) is 7.11 Å². The van der Waals surface area contributed by atoms with Gasteiger partial charge in [0.2, 0.25) is 11.8 Å². The molecule has 0 spiro atoms. The summed E-state index contributed by atoms with van der Waals surface area (Å²) in [5, 5.41) is 5.19. The highest BCUT2D eigenvalue weighted by Gasteiger charge is 2.26. The maximum atomic E-state index is 13.0. The van der Waals surface area contributed by atoms with Gasteiger partial charge in [-0.25, -0.2) is 9.18 Å². The summed E-state index contributed by atoms with van der Waals surface area (Å²) in [4.78, 5) is 35.9. The van der Waals surface area contributed by atoms with Gasteiger partial charge in [0.1, 0.15) is 17.9 Å². The average molecular weight is 364 g/mol. The molecule has 1 aromatic carbocycles. The molecule has 0 unspecified atom stereocenters. The minimum absolute atomic E-state index is 0.173. The van der Waals surface area contributed by atoms with Gasteiger partial charge in [0.15, 0.2) is 0 Å². The van der Waals surface area contributed by atoms with Crippen LogP contribution in [0.3, 0.4) is 0 Å². The quantitative estimate of drug-likeness (QED) is 0.377. The lowest BCUT2D eigenvalue weighted by molar-refractivity contribution is -0.145. The highest BCUT2D eigenvalue weighted by Crippen LogP contribution is 2.08. The van der Waals surface area contributed by atoms with Gasteiger partial charge in [0.25, 0.3) is 0 Å². The van der Waals surface area contributed by atoms with E-state index < -0.39 is 24.0 Å². The second-order valence-corrected chi connectivity index (χ2v) is 5.89. The molecule has 0 aromatic heterocycles. The maximum Gasteiger partial charge on any atom is 0.328 e. The molecule has 0 heterocycles. The van der Waals surface area contributed by atoms with Crippen LogP contribution < -0.4 is 10.6 Å². The van der Waals surface area contributed by atoms with Crippen molar-refractivity contribution in [3.8, 4) is 0 Å². The zero-order valence-corrected chi connectivity index (χ0v) is 15.1. The van der Waals surface area contributed by atoms with E-state index in [9.17, 15) is 18.8 Å². The largest absolute Gasteiger partial charge is 0.467 e. The molecule has 7 heteroatoms. The number of carbonyl (C=O) groups is 3. The first-order valence-electron chi connectivity index (χ1n) is 8.38. The Labute approximate surface area is 152 Å². The van der Waals surface area contributed by atoms with Gasteiger partial charge in [0, 0.05) is 13.3 Å². The van der Waals surface area contributed by atoms with E-state index in [0.29, 0.717) is 24.8 Å². The molecule has 2 atom stereocenters. The molecular formula is C19H25FN2O4. The summed E-state index contributed by atoms with van der Waals surface area (Å²) in [6, 6.07) is 3.95. The number of allylic oxidation sites excluding steroid dienone is 1. The minimum Gasteiger partial charge on any atom is -0.467 e. The van der Waals surface area contributed by atoms with Crippen LogP contribution >= 0.6 is 0 Å². The molecule has 1 aromatic rings. The Morgan fingerprint density at radius 1 is 1.19 bits per heavy atom. The first kappa shape index (κ1) is 21.3. The van der Waals surface area contributed by atoms with Crippen molar-refractivity contribution in [3.05, 3.63) is 48.3 Å². The smallest absolute Gasteiger partial charge is 0.328 e. The Bertz CT molecular complexity index is 631. The summed E-state index contributed by atoms with van der Waals surface area (Å²) in [5.41, 5.74) is 0.682. The van der Waals surface area contributed by atoms with E-state index >= 15 is 0 Å². The summed E-state index contributed by atoms with van der Waals surface area (Å²) in [6.45, 7) is 4.92. The van der Waals surface area contributed by atoms with Crippen LogP contribution in [0.2, 0.25) is 0 Å². The van der Waals surface area contributed by atoms with Crippen LogP contribution in [0, 0.1) is 5.82 Å². The molecule has 2 N–H and O–H groups in total. The van der Waals surface area contributed by atoms with Gasteiger partial charge in [-0.3, -0.25) is 9.59 Å². The number of methoxy groups -OCH3 is 1. The van der Waals surface area contributed by atoms with Crippen LogP contribution in [0.4, 0.5) is 4.39 Å². The van der Waals surface area contributed by atoms with E-state index in [1.165, 1.54) is 26.2 Å². The number of ether oxygens (including phenoxy) is 1. The van der Waals surface area contributed by atoms with Crippen LogP contribution in [0.1, 0.15) is 31.7 Å². The summed E-state index contributed by atoms with van der Waals surface area (Å²) in [5.74, 6) is -1.82. The number of amides is 2. The Morgan fingerprint density at radius 3 is 2.38 bits per heavy atom. The number of esters is 1. The molecule has 0 fully saturated rings. The first-order valence-corrected chi connectivity index (χ1v) is 8.38. The number of hydrogen-bond acceptors (Lipinski definition) is 4. The lowest BCUT2D eigenvalue weighted by Gasteiger charge is -2.22. The van der Waals surface area contributed by atoms with Gasteiger partial charge in [-0.05, 0) is 37.0 Å². The zero-order chi connectivity index (χ0) is 19.5. The van der Waals surface area contributed by atoms with E-state index in [1.807, 2.05) is 0 Å². The van der Waals surface area contributed by atoms with Crippen LogP contribution in [0.15, 0.2) is 36.9 Å². The van der Waals surface area contributed by atoms with Crippen molar-refractivity contribution in [1.82, 2.24) is 10.6 Å². The van der Waals surface area contributed by atoms with Gasteiger partial charge in [-0.1, -0.05) is 18.2 Å². The van der Waals surface area contributed by atoms with Crippen molar-refractivity contribution in [1.29, 1.82) is 0 Å². The summed E-state index contributed by atoms with van der Waals surface area (Å²) in [6.07, 6.45) is 3.66. The maximum absolute atomic E-state index is 13.0. The number of halogens is 1. The fourth-order valence-corrected chi connectivity index (χ4v) is 2.44. The Morgan fingerprint density at radius 2 is 1.85 bits per heavy atom. The number of rotatable bonds is 10. The molecule has 0 saturated carbocycles. The molecule has 0 radical (unpaired) electrons. The number of benzene rings is 1. The van der Waals surface area contributed by atoms with Crippen molar-refractivity contribution < 1.29 is 23.5 Å². The van der Waals surface area contributed by atoms with Gasteiger partial charge >= 0.3 is 5.97 Å². The van der Waals surface area contributed by atoms with Crippen molar-refractivity contribution in [2.24, 2.45) is 0 Å². The minimum atomic E-state index is -0.885. The molecule has 0 aliphatic rings. The second-order valence-electron chi connectivity index (χ2n) is 5.89. The number of unbranched alkanes of at least 4 members (excludes halogenated alkanes) is 1. The predicted octanol–water partition coefficient (Wildman–Crippen LogP) is 1.89. The van der Waals surface area contributed by atoms with Gasteiger partial charge in [0.05, 0.1) is 7.11 Å². The molecule has 6 nitrogen and oxygen atoms in total. The number of hydrogen-bond donors (Lipinski definition) is 2. The zero-order valence-electron chi connectivity index (χ0n) is 15.1. The third kappa shape index (κ3) is 7.46. The normalized spacial score (nSPS) is 12.6. The second kappa shape index (κ2) is 11.0. The molecular weight excluding hydrogens is 339 g/mol. The van der Waals surface area contributed by atoms with Crippen LogP contribution in [0.5, 0.6) is 0 Å². The van der Waals surface area contributed by atoms with Gasteiger partial charge < -0.3 is 15.4 Å². The van der Waals surface area contributed by atoms with Crippen LogP contribution in [0.25, 0.3) is 0 Å². The first-order chi connectivity index (χ1) is 12.4. The lowest BCUT2D eigenvalue weighted by atomic mass is 10.0. The number of nitrogens with one attached hydrogen (secondary N) is 2. The molecule has 1 rings (SSSR count). The van der Waals surface area contributed by atoms with E-state index in [0.717, 1.165) is 0 Å². The SMILES string of the molecule is C=CCCC[C@@H](NC(=O)[C@@H](Cc1ccc(F)cc1)NC(C)=O)C(=O)OC. The van der Waals surface area contributed by atoms with E-state index in [-0.39, 0.29) is 18.1 Å². The highest BCUT2D eigenvalue weighted by molar-refractivity contribution is 5.90. The fourth-order valence-electron chi connectivity index (χ4n) is 2.44. The topological polar surface area (TPSA) is 84.5 Å². The molecule has 2 amide bonds.